The molecule has 1 aromatic rings. The molecule has 24 heavy (non-hydrogen) atoms. The summed E-state index contributed by atoms with van der Waals surface area (Å²) < 4.78 is 13.0. The van der Waals surface area contributed by atoms with E-state index in [1.165, 1.54) is 37.8 Å². The van der Waals surface area contributed by atoms with E-state index in [-0.39, 0.29) is 17.6 Å². The third-order valence-corrected chi connectivity index (χ3v) is 6.34. The number of carbonyl (C=O) groups excluding carboxylic acids is 1. The van der Waals surface area contributed by atoms with E-state index < -0.39 is 0 Å². The number of carbonyl (C=O) groups is 1. The number of nitrogens with one attached hydrogen (secondary N) is 1. The molecule has 4 rings (SSSR count). The number of nitrogens with zero attached hydrogens (tertiary/aromatic N) is 1. The zero-order valence-electron chi connectivity index (χ0n) is 14.2. The van der Waals surface area contributed by atoms with E-state index in [4.69, 9.17) is 0 Å². The van der Waals surface area contributed by atoms with Crippen LogP contribution in [0.25, 0.3) is 0 Å². The fourth-order valence-electron chi connectivity index (χ4n) is 4.92. The molecule has 3 unspecified atom stereocenters. The summed E-state index contributed by atoms with van der Waals surface area (Å²) in [5.41, 5.74) is 1.14. The molecule has 2 bridgehead atoms. The van der Waals surface area contributed by atoms with Gasteiger partial charge in [-0.3, -0.25) is 9.69 Å². The van der Waals surface area contributed by atoms with E-state index in [1.807, 2.05) is 12.1 Å². The maximum absolute atomic E-state index is 13.0. The number of fused-ring (bicyclic) bond motifs is 2. The molecule has 1 N–H and O–H groups in total. The second kappa shape index (κ2) is 6.83. The Labute approximate surface area is 143 Å². The first kappa shape index (κ1) is 16.1. The average Bonchev–Trinajstić information content (AvgIpc) is 3.20. The van der Waals surface area contributed by atoms with Gasteiger partial charge in [0.25, 0.3) is 0 Å². The predicted octanol–water partition coefficient (Wildman–Crippen LogP) is 3.34. The first-order valence-corrected chi connectivity index (χ1v) is 9.44. The Bertz CT molecular complexity index is 580. The minimum Gasteiger partial charge on any atom is -0.353 e. The van der Waals surface area contributed by atoms with Gasteiger partial charge in [0.2, 0.25) is 5.91 Å². The van der Waals surface area contributed by atoms with Crippen LogP contribution in [0.3, 0.4) is 0 Å². The summed E-state index contributed by atoms with van der Waals surface area (Å²) in [5, 5.41) is 3.35. The van der Waals surface area contributed by atoms with E-state index in [9.17, 15) is 9.18 Å². The van der Waals surface area contributed by atoms with Crippen LogP contribution in [0.2, 0.25) is 0 Å². The monoisotopic (exact) mass is 330 g/mol. The van der Waals surface area contributed by atoms with E-state index in [0.717, 1.165) is 49.9 Å². The smallest absolute Gasteiger partial charge is 0.223 e. The highest BCUT2D eigenvalue weighted by Gasteiger charge is 2.40. The van der Waals surface area contributed by atoms with Crippen LogP contribution in [0.15, 0.2) is 24.3 Å². The number of benzene rings is 1. The zero-order valence-corrected chi connectivity index (χ0v) is 14.2. The van der Waals surface area contributed by atoms with Crippen LogP contribution >= 0.6 is 0 Å². The van der Waals surface area contributed by atoms with Crippen LogP contribution in [0, 0.1) is 23.6 Å². The van der Waals surface area contributed by atoms with Crippen molar-refractivity contribution in [3.8, 4) is 0 Å². The van der Waals surface area contributed by atoms with Crippen LogP contribution < -0.4 is 5.32 Å². The molecule has 1 heterocycles. The van der Waals surface area contributed by atoms with Crippen LogP contribution in [0.5, 0.6) is 0 Å². The highest BCUT2D eigenvalue weighted by molar-refractivity contribution is 5.79. The zero-order chi connectivity index (χ0) is 16.5. The first-order valence-electron chi connectivity index (χ1n) is 9.44. The van der Waals surface area contributed by atoms with E-state index in [0.29, 0.717) is 6.04 Å². The van der Waals surface area contributed by atoms with Gasteiger partial charge in [-0.25, -0.2) is 4.39 Å². The number of piperidine rings is 1. The summed E-state index contributed by atoms with van der Waals surface area (Å²) in [6.07, 6.45) is 7.10. The summed E-state index contributed by atoms with van der Waals surface area (Å²) in [6, 6.07) is 7.19. The third-order valence-electron chi connectivity index (χ3n) is 6.34. The molecule has 1 aromatic carbocycles. The molecule has 1 aliphatic heterocycles. The van der Waals surface area contributed by atoms with Crippen LogP contribution in [0.4, 0.5) is 4.39 Å². The van der Waals surface area contributed by atoms with Crippen molar-refractivity contribution in [3.63, 3.8) is 0 Å². The summed E-state index contributed by atoms with van der Waals surface area (Å²) in [4.78, 5) is 14.9. The van der Waals surface area contributed by atoms with Gasteiger partial charge in [-0.05, 0) is 74.7 Å². The van der Waals surface area contributed by atoms with E-state index in [1.54, 1.807) is 0 Å². The second-order valence-electron chi connectivity index (χ2n) is 7.97. The first-order chi connectivity index (χ1) is 11.7. The summed E-state index contributed by atoms with van der Waals surface area (Å²) >= 11 is 0. The molecule has 1 saturated heterocycles. The molecule has 0 aromatic heterocycles. The van der Waals surface area contributed by atoms with Crippen molar-refractivity contribution in [1.29, 1.82) is 0 Å². The number of likely N-dealkylation sites (tertiary alicyclic amines) is 1. The minimum absolute atomic E-state index is 0.175. The van der Waals surface area contributed by atoms with Gasteiger partial charge in [0.05, 0.1) is 0 Å². The maximum Gasteiger partial charge on any atom is 0.223 e. The Kier molecular flexibility index (Phi) is 4.57. The molecule has 3 aliphatic rings. The SMILES string of the molecule is O=C(NC1CC2CCC1C2)C1CCN(Cc2ccc(F)cc2)CC1. The van der Waals surface area contributed by atoms with Crippen molar-refractivity contribution in [2.75, 3.05) is 13.1 Å². The molecule has 1 amide bonds. The average molecular weight is 330 g/mol. The van der Waals surface area contributed by atoms with E-state index >= 15 is 0 Å². The van der Waals surface area contributed by atoms with Gasteiger partial charge in [0.1, 0.15) is 5.82 Å². The van der Waals surface area contributed by atoms with Crippen molar-refractivity contribution in [1.82, 2.24) is 10.2 Å². The van der Waals surface area contributed by atoms with Gasteiger partial charge in [0.15, 0.2) is 0 Å². The fraction of sp³-hybridized carbons (Fsp3) is 0.650. The normalized spacial score (nSPS) is 30.6. The molecule has 3 fully saturated rings. The number of rotatable bonds is 4. The maximum atomic E-state index is 13.0. The van der Waals surface area contributed by atoms with Crippen molar-refractivity contribution in [2.45, 2.75) is 51.1 Å². The largest absolute Gasteiger partial charge is 0.353 e. The Hall–Kier alpha value is -1.42. The lowest BCUT2D eigenvalue weighted by Crippen LogP contribution is -2.45. The van der Waals surface area contributed by atoms with Crippen molar-refractivity contribution < 1.29 is 9.18 Å². The Morgan fingerprint density at radius 2 is 1.83 bits per heavy atom. The third kappa shape index (κ3) is 3.49. The highest BCUT2D eigenvalue weighted by atomic mass is 19.1. The Balaban J connectivity index is 1.23. The molecule has 2 aliphatic carbocycles. The lowest BCUT2D eigenvalue weighted by molar-refractivity contribution is -0.127. The number of halogens is 1. The van der Waals surface area contributed by atoms with Gasteiger partial charge < -0.3 is 5.32 Å². The van der Waals surface area contributed by atoms with Crippen molar-refractivity contribution >= 4 is 5.91 Å². The van der Waals surface area contributed by atoms with E-state index in [2.05, 4.69) is 10.2 Å². The predicted molar refractivity (Wildman–Crippen MR) is 91.8 cm³/mol. The lowest BCUT2D eigenvalue weighted by atomic mass is 9.92. The standard InChI is InChI=1S/C20H27FN2O/c21-18-5-2-14(3-6-18)13-23-9-7-16(8-10-23)20(24)22-19-12-15-1-4-17(19)11-15/h2-3,5-6,15-17,19H,1,4,7-13H2,(H,22,24). The van der Waals surface area contributed by atoms with Crippen LogP contribution in [-0.4, -0.2) is 29.9 Å². The van der Waals surface area contributed by atoms with Crippen LogP contribution in [0.1, 0.15) is 44.1 Å². The molecule has 4 heteroatoms. The molecule has 130 valence electrons. The van der Waals surface area contributed by atoms with Crippen molar-refractivity contribution in [2.24, 2.45) is 17.8 Å². The van der Waals surface area contributed by atoms with Crippen LogP contribution in [-0.2, 0) is 11.3 Å². The summed E-state index contributed by atoms with van der Waals surface area (Å²) in [5.74, 6) is 1.90. The Morgan fingerprint density at radius 3 is 2.46 bits per heavy atom. The van der Waals surface area contributed by atoms with Gasteiger partial charge in [0, 0.05) is 18.5 Å². The number of hydrogen-bond acceptors (Lipinski definition) is 2. The summed E-state index contributed by atoms with van der Waals surface area (Å²) in [6.45, 7) is 2.75. The molecular formula is C20H27FN2O. The summed E-state index contributed by atoms with van der Waals surface area (Å²) in [7, 11) is 0. The van der Waals surface area contributed by atoms with Crippen molar-refractivity contribution in [3.05, 3.63) is 35.6 Å². The topological polar surface area (TPSA) is 32.3 Å². The van der Waals surface area contributed by atoms with Gasteiger partial charge in [-0.1, -0.05) is 18.6 Å². The highest BCUT2D eigenvalue weighted by Crippen LogP contribution is 2.44. The number of amides is 1. The molecule has 3 nitrogen and oxygen atoms in total. The molecule has 3 atom stereocenters. The second-order valence-corrected chi connectivity index (χ2v) is 7.97. The quantitative estimate of drug-likeness (QED) is 0.918. The Morgan fingerprint density at radius 1 is 1.08 bits per heavy atom. The minimum atomic E-state index is -0.185. The van der Waals surface area contributed by atoms with Gasteiger partial charge in [-0.2, -0.15) is 0 Å². The van der Waals surface area contributed by atoms with Gasteiger partial charge >= 0.3 is 0 Å². The molecule has 0 radical (unpaired) electrons. The lowest BCUT2D eigenvalue weighted by Gasteiger charge is -2.32. The molecule has 0 spiro atoms. The van der Waals surface area contributed by atoms with Gasteiger partial charge in [-0.15, -0.1) is 0 Å². The fourth-order valence-corrected chi connectivity index (χ4v) is 4.92. The number of hydrogen-bond donors (Lipinski definition) is 1. The molecule has 2 saturated carbocycles. The molecular weight excluding hydrogens is 303 g/mol.